The number of carbonyl (C=O) groups excluding carboxylic acids is 1. The Kier molecular flexibility index (Phi) is 5.35. The van der Waals surface area contributed by atoms with Crippen molar-refractivity contribution in [1.82, 2.24) is 10.2 Å². The van der Waals surface area contributed by atoms with E-state index in [0.717, 1.165) is 13.0 Å². The van der Waals surface area contributed by atoms with Crippen LogP contribution in [0.2, 0.25) is 0 Å². The van der Waals surface area contributed by atoms with Gasteiger partial charge in [-0.15, -0.1) is 11.3 Å². The number of thiophene rings is 1. The van der Waals surface area contributed by atoms with Crippen LogP contribution in [-0.4, -0.2) is 29.9 Å². The van der Waals surface area contributed by atoms with Crippen LogP contribution < -0.4 is 5.32 Å². The molecular weight excluding hydrogens is 244 g/mol. The second kappa shape index (κ2) is 6.34. The molecule has 102 valence electrons. The van der Waals surface area contributed by atoms with Crippen molar-refractivity contribution in [3.8, 4) is 0 Å². The van der Waals surface area contributed by atoms with Gasteiger partial charge in [0, 0.05) is 17.0 Å². The molecule has 0 radical (unpaired) electrons. The van der Waals surface area contributed by atoms with E-state index in [4.69, 9.17) is 0 Å². The standard InChI is InChI=1S/C14H24N2OS/c1-6-14(3,4)15-13(17)10-16(5)9-12-11(2)7-8-18-12/h7-8H,6,9-10H2,1-5H3,(H,15,17). The number of nitrogens with zero attached hydrogens (tertiary/aromatic N) is 1. The average molecular weight is 268 g/mol. The summed E-state index contributed by atoms with van der Waals surface area (Å²) in [6.45, 7) is 9.58. The zero-order valence-electron chi connectivity index (χ0n) is 12.0. The number of amides is 1. The first kappa shape index (κ1) is 15.2. The van der Waals surface area contributed by atoms with Crippen LogP contribution in [0.5, 0.6) is 0 Å². The molecule has 0 fully saturated rings. The third-order valence-electron chi connectivity index (χ3n) is 3.16. The molecule has 1 aromatic heterocycles. The summed E-state index contributed by atoms with van der Waals surface area (Å²) in [5.41, 5.74) is 1.19. The predicted molar refractivity (Wildman–Crippen MR) is 77.9 cm³/mol. The maximum absolute atomic E-state index is 11.9. The minimum atomic E-state index is -0.114. The summed E-state index contributed by atoms with van der Waals surface area (Å²) in [7, 11) is 1.98. The van der Waals surface area contributed by atoms with Gasteiger partial charge in [-0.1, -0.05) is 6.92 Å². The van der Waals surface area contributed by atoms with Gasteiger partial charge in [0.2, 0.25) is 5.91 Å². The van der Waals surface area contributed by atoms with Gasteiger partial charge in [-0.05, 0) is 51.2 Å². The molecule has 18 heavy (non-hydrogen) atoms. The molecule has 0 saturated heterocycles. The Labute approximate surface area is 114 Å². The SMILES string of the molecule is CCC(C)(C)NC(=O)CN(C)Cc1sccc1C. The Morgan fingerprint density at radius 2 is 2.17 bits per heavy atom. The fraction of sp³-hybridized carbons (Fsp3) is 0.643. The quantitative estimate of drug-likeness (QED) is 0.860. The Bertz CT molecular complexity index is 398. The van der Waals surface area contributed by atoms with Crippen LogP contribution in [-0.2, 0) is 11.3 Å². The van der Waals surface area contributed by atoms with Crippen LogP contribution in [0.3, 0.4) is 0 Å². The molecule has 1 rings (SSSR count). The van der Waals surface area contributed by atoms with Gasteiger partial charge in [-0.2, -0.15) is 0 Å². The summed E-state index contributed by atoms with van der Waals surface area (Å²) in [6.07, 6.45) is 0.937. The zero-order chi connectivity index (χ0) is 13.8. The molecular formula is C14H24N2OS. The maximum Gasteiger partial charge on any atom is 0.234 e. The molecule has 0 aliphatic carbocycles. The van der Waals surface area contributed by atoms with Crippen molar-refractivity contribution in [2.75, 3.05) is 13.6 Å². The van der Waals surface area contributed by atoms with E-state index >= 15 is 0 Å². The van der Waals surface area contributed by atoms with Crippen molar-refractivity contribution < 1.29 is 4.79 Å². The molecule has 1 aromatic rings. The molecule has 0 aliphatic rings. The van der Waals surface area contributed by atoms with Crippen LogP contribution in [0, 0.1) is 6.92 Å². The number of nitrogens with one attached hydrogen (secondary N) is 1. The van der Waals surface area contributed by atoms with E-state index in [9.17, 15) is 4.79 Å². The lowest BCUT2D eigenvalue weighted by molar-refractivity contribution is -0.123. The number of hydrogen-bond acceptors (Lipinski definition) is 3. The molecule has 1 N–H and O–H groups in total. The van der Waals surface area contributed by atoms with Crippen LogP contribution in [0.1, 0.15) is 37.6 Å². The third kappa shape index (κ3) is 4.78. The van der Waals surface area contributed by atoms with E-state index in [2.05, 4.69) is 35.5 Å². The molecule has 0 aromatic carbocycles. The van der Waals surface area contributed by atoms with Gasteiger partial charge in [0.05, 0.1) is 6.54 Å². The van der Waals surface area contributed by atoms with E-state index in [1.807, 2.05) is 20.9 Å². The fourth-order valence-corrected chi connectivity index (χ4v) is 2.60. The normalized spacial score (nSPS) is 11.9. The van der Waals surface area contributed by atoms with Crippen molar-refractivity contribution >= 4 is 17.2 Å². The molecule has 1 amide bonds. The summed E-state index contributed by atoms with van der Waals surface area (Å²) < 4.78 is 0. The number of likely N-dealkylation sites (N-methyl/N-ethyl adjacent to an activating group) is 1. The second-order valence-electron chi connectivity index (χ2n) is 5.48. The first-order valence-corrected chi connectivity index (χ1v) is 7.24. The van der Waals surface area contributed by atoms with E-state index < -0.39 is 0 Å². The molecule has 3 nitrogen and oxygen atoms in total. The van der Waals surface area contributed by atoms with Gasteiger partial charge in [0.15, 0.2) is 0 Å². The van der Waals surface area contributed by atoms with Crippen molar-refractivity contribution in [3.05, 3.63) is 21.9 Å². The molecule has 0 atom stereocenters. The lowest BCUT2D eigenvalue weighted by Crippen LogP contribution is -2.46. The fourth-order valence-electron chi connectivity index (χ4n) is 1.62. The van der Waals surface area contributed by atoms with Crippen LogP contribution in [0.4, 0.5) is 0 Å². The summed E-state index contributed by atoms with van der Waals surface area (Å²) in [6, 6.07) is 2.12. The number of hydrogen-bond donors (Lipinski definition) is 1. The highest BCUT2D eigenvalue weighted by atomic mass is 32.1. The Morgan fingerprint density at radius 1 is 1.50 bits per heavy atom. The third-order valence-corrected chi connectivity index (χ3v) is 4.16. The highest BCUT2D eigenvalue weighted by Crippen LogP contribution is 2.17. The predicted octanol–water partition coefficient (Wildman–Crippen LogP) is 2.79. The lowest BCUT2D eigenvalue weighted by atomic mass is 10.0. The first-order valence-electron chi connectivity index (χ1n) is 6.36. The molecule has 0 bridgehead atoms. The van der Waals surface area contributed by atoms with Gasteiger partial charge >= 0.3 is 0 Å². The van der Waals surface area contributed by atoms with E-state index in [0.29, 0.717) is 6.54 Å². The maximum atomic E-state index is 11.9. The van der Waals surface area contributed by atoms with Crippen molar-refractivity contribution in [3.63, 3.8) is 0 Å². The van der Waals surface area contributed by atoms with Crippen molar-refractivity contribution in [2.45, 2.75) is 46.2 Å². The van der Waals surface area contributed by atoms with Crippen LogP contribution in [0.15, 0.2) is 11.4 Å². The monoisotopic (exact) mass is 268 g/mol. The minimum Gasteiger partial charge on any atom is -0.350 e. The largest absolute Gasteiger partial charge is 0.350 e. The van der Waals surface area contributed by atoms with E-state index in [-0.39, 0.29) is 11.4 Å². The number of rotatable bonds is 6. The number of carbonyl (C=O) groups is 1. The van der Waals surface area contributed by atoms with E-state index in [1.165, 1.54) is 10.4 Å². The lowest BCUT2D eigenvalue weighted by Gasteiger charge is -2.26. The Morgan fingerprint density at radius 3 is 2.67 bits per heavy atom. The second-order valence-corrected chi connectivity index (χ2v) is 6.49. The van der Waals surface area contributed by atoms with Crippen molar-refractivity contribution in [1.29, 1.82) is 0 Å². The topological polar surface area (TPSA) is 32.3 Å². The molecule has 0 saturated carbocycles. The van der Waals surface area contributed by atoms with Gasteiger partial charge in [0.25, 0.3) is 0 Å². The van der Waals surface area contributed by atoms with Gasteiger partial charge in [-0.3, -0.25) is 9.69 Å². The molecule has 0 aliphatic heterocycles. The highest BCUT2D eigenvalue weighted by molar-refractivity contribution is 7.10. The van der Waals surface area contributed by atoms with Gasteiger partial charge < -0.3 is 5.32 Å². The minimum absolute atomic E-state index is 0.0959. The Balaban J connectivity index is 2.43. The number of aryl methyl sites for hydroxylation is 1. The van der Waals surface area contributed by atoms with E-state index in [1.54, 1.807) is 11.3 Å². The van der Waals surface area contributed by atoms with Crippen LogP contribution >= 0.6 is 11.3 Å². The summed E-state index contributed by atoms with van der Waals surface area (Å²) in [5, 5.41) is 5.15. The Hall–Kier alpha value is -0.870. The van der Waals surface area contributed by atoms with Crippen LogP contribution in [0.25, 0.3) is 0 Å². The van der Waals surface area contributed by atoms with Crippen molar-refractivity contribution in [2.24, 2.45) is 0 Å². The molecule has 4 heteroatoms. The zero-order valence-corrected chi connectivity index (χ0v) is 12.9. The van der Waals surface area contributed by atoms with Gasteiger partial charge in [0.1, 0.15) is 0 Å². The molecule has 0 unspecified atom stereocenters. The highest BCUT2D eigenvalue weighted by Gasteiger charge is 2.18. The average Bonchev–Trinajstić information content (AvgIpc) is 2.63. The smallest absolute Gasteiger partial charge is 0.234 e. The molecule has 0 spiro atoms. The first-order chi connectivity index (χ1) is 8.34. The summed E-state index contributed by atoms with van der Waals surface area (Å²) in [5.74, 6) is 0.0959. The molecule has 1 heterocycles. The summed E-state index contributed by atoms with van der Waals surface area (Å²) in [4.78, 5) is 15.3. The van der Waals surface area contributed by atoms with Gasteiger partial charge in [-0.25, -0.2) is 0 Å². The summed E-state index contributed by atoms with van der Waals surface area (Å²) >= 11 is 1.75.